The van der Waals surface area contributed by atoms with Crippen molar-refractivity contribution in [1.29, 1.82) is 0 Å². The standard InChI is InChI=1S/C27H10F29N3O5/c1-7-11(9(13(63)59-6-64-8(2)62)3-10(57-4-60)12(7)58-5-61)14(28,29)15(30,31)16(32,33)17(34,35)18(36,37)19(38,39)20(40,41)21(42,43)22(44,45)23(46,47)24(48,49)25(50,51)26(52,53)27(54,55)56/h3H,6H2,1-2H3,(H,59,63). The third kappa shape index (κ3) is 7.50. The molecule has 37 heteroatoms. The minimum atomic E-state index is -10.1. The zero-order chi connectivity index (χ0) is 51.7. The fraction of sp³-hybridized carbons (Fsp3) is 0.630. The van der Waals surface area contributed by atoms with Crippen LogP contribution in [-0.2, 0) is 25.0 Å². The van der Waals surface area contributed by atoms with Crippen molar-refractivity contribution in [1.82, 2.24) is 5.32 Å². The van der Waals surface area contributed by atoms with E-state index in [0.717, 1.165) is 5.32 Å². The number of aliphatic imine (C=N–C) groups is 2. The number of esters is 1. The summed E-state index contributed by atoms with van der Waals surface area (Å²) >= 11 is 0. The molecular formula is C27H10F29N3O5. The number of rotatable bonds is 18. The van der Waals surface area contributed by atoms with Crippen LogP contribution in [0, 0.1) is 6.92 Å². The Balaban J connectivity index is 4.30. The average molecular weight is 1010 g/mol. The first-order valence-electron chi connectivity index (χ1n) is 14.6. The van der Waals surface area contributed by atoms with Crippen molar-refractivity contribution in [3.05, 3.63) is 22.8 Å². The van der Waals surface area contributed by atoms with Crippen LogP contribution < -0.4 is 5.32 Å². The lowest BCUT2D eigenvalue weighted by atomic mass is 9.82. The van der Waals surface area contributed by atoms with Gasteiger partial charge in [0, 0.05) is 12.5 Å². The highest BCUT2D eigenvalue weighted by molar-refractivity contribution is 5.99. The maximum atomic E-state index is 15.6. The molecule has 0 heterocycles. The molecule has 8 nitrogen and oxygen atoms in total. The normalized spacial score (nSPS) is 15.0. The van der Waals surface area contributed by atoms with Crippen molar-refractivity contribution < 1.29 is 151 Å². The second-order valence-corrected chi connectivity index (χ2v) is 11.9. The Hall–Kier alpha value is -5.11. The summed E-state index contributed by atoms with van der Waals surface area (Å²) in [5.41, 5.74) is -11.6. The number of ether oxygens (including phenoxy) is 1. The lowest BCUT2D eigenvalue weighted by Crippen LogP contribution is -2.79. The molecule has 1 rings (SSSR count). The van der Waals surface area contributed by atoms with E-state index in [1.807, 2.05) is 0 Å². The second kappa shape index (κ2) is 16.1. The second-order valence-electron chi connectivity index (χ2n) is 11.9. The molecule has 64 heavy (non-hydrogen) atoms. The van der Waals surface area contributed by atoms with Gasteiger partial charge in [0.25, 0.3) is 5.91 Å². The van der Waals surface area contributed by atoms with Crippen molar-refractivity contribution in [2.75, 3.05) is 6.73 Å². The zero-order valence-electron chi connectivity index (χ0n) is 29.2. The van der Waals surface area contributed by atoms with Crippen molar-refractivity contribution in [3.8, 4) is 0 Å². The molecule has 0 fully saturated rings. The van der Waals surface area contributed by atoms with Gasteiger partial charge in [0.2, 0.25) is 12.2 Å². The average Bonchev–Trinajstić information content (AvgIpc) is 3.11. The Labute approximate surface area is 329 Å². The Morgan fingerprint density at radius 1 is 0.516 bits per heavy atom. The van der Waals surface area contributed by atoms with Gasteiger partial charge in [0.1, 0.15) is 11.4 Å². The molecule has 0 spiro atoms. The monoisotopic (exact) mass is 1010 g/mol. The van der Waals surface area contributed by atoms with Gasteiger partial charge in [-0.1, -0.05) is 0 Å². The third-order valence-corrected chi connectivity index (χ3v) is 8.00. The summed E-state index contributed by atoms with van der Waals surface area (Å²) in [5.74, 6) is -128. The Morgan fingerprint density at radius 2 is 0.812 bits per heavy atom. The third-order valence-electron chi connectivity index (χ3n) is 8.00. The summed E-state index contributed by atoms with van der Waals surface area (Å²) in [7, 11) is 0. The molecule has 0 aliphatic heterocycles. The predicted molar refractivity (Wildman–Crippen MR) is 140 cm³/mol. The van der Waals surface area contributed by atoms with Gasteiger partial charge in [-0.05, 0) is 18.6 Å². The number of hydrogen-bond donors (Lipinski definition) is 1. The van der Waals surface area contributed by atoms with E-state index >= 15 is 17.6 Å². The molecule has 0 saturated heterocycles. The molecule has 0 atom stereocenters. The first kappa shape index (κ1) is 56.9. The summed E-state index contributed by atoms with van der Waals surface area (Å²) in [6.45, 7) is -1.34. The molecule has 0 aliphatic rings. The van der Waals surface area contributed by atoms with Gasteiger partial charge in [-0.2, -0.15) is 137 Å². The van der Waals surface area contributed by atoms with E-state index in [1.54, 1.807) is 0 Å². The number of isocyanates is 2. The van der Waals surface area contributed by atoms with E-state index in [1.165, 1.54) is 0 Å². The quantitative estimate of drug-likeness (QED) is 0.0517. The van der Waals surface area contributed by atoms with Crippen molar-refractivity contribution in [2.45, 2.75) is 97.0 Å². The number of nitrogens with zero attached hydrogens (tertiary/aromatic N) is 2. The molecule has 0 saturated carbocycles. The molecule has 1 N–H and O–H groups in total. The molecule has 1 amide bonds. The van der Waals surface area contributed by atoms with Gasteiger partial charge in [0.15, 0.2) is 6.73 Å². The SMILES string of the molecule is CC(=O)OCNC(=O)c1cc(N=C=O)c(N=C=O)c(C)c1C(F)(F)C(F)(F)C(F)(F)C(F)(F)C(F)(F)C(F)(F)C(F)(F)C(F)(F)C(F)(F)C(F)(F)C(F)(F)C(F)(F)C(F)(F)C(F)(F)F. The highest BCUT2D eigenvalue weighted by Gasteiger charge is 3.01. The van der Waals surface area contributed by atoms with Gasteiger partial charge in [-0.15, -0.1) is 0 Å². The molecule has 1 aromatic carbocycles. The highest BCUT2D eigenvalue weighted by Crippen LogP contribution is 2.69. The molecular weight excluding hydrogens is 997 g/mol. The van der Waals surface area contributed by atoms with Crippen molar-refractivity contribution in [2.24, 2.45) is 9.98 Å². The van der Waals surface area contributed by atoms with Crippen LogP contribution in [0.1, 0.15) is 28.4 Å². The van der Waals surface area contributed by atoms with Gasteiger partial charge >= 0.3 is 89.1 Å². The lowest BCUT2D eigenvalue weighted by molar-refractivity contribution is -0.487. The minimum Gasteiger partial charge on any atom is -0.445 e. The highest BCUT2D eigenvalue weighted by atomic mass is 19.4. The number of amides is 1. The number of benzene rings is 1. The van der Waals surface area contributed by atoms with Crippen LogP contribution in [0.15, 0.2) is 16.1 Å². The van der Waals surface area contributed by atoms with Crippen LogP contribution >= 0.6 is 0 Å². The zero-order valence-corrected chi connectivity index (χ0v) is 29.2. The number of nitrogens with one attached hydrogen (secondary N) is 1. The summed E-state index contributed by atoms with van der Waals surface area (Å²) in [5, 5.41) is 1.13. The molecule has 0 radical (unpaired) electrons. The van der Waals surface area contributed by atoms with Crippen LogP contribution in [0.3, 0.4) is 0 Å². The van der Waals surface area contributed by atoms with E-state index in [4.69, 9.17) is 0 Å². The first-order chi connectivity index (χ1) is 27.9. The van der Waals surface area contributed by atoms with Crippen LogP contribution in [-0.4, -0.2) is 108 Å². The van der Waals surface area contributed by atoms with Gasteiger partial charge in [-0.3, -0.25) is 9.59 Å². The number of carbonyl (C=O) groups is 2. The topological polar surface area (TPSA) is 114 Å². The summed E-state index contributed by atoms with van der Waals surface area (Å²) < 4.78 is 411. The number of alkyl halides is 29. The van der Waals surface area contributed by atoms with Gasteiger partial charge in [-0.25, -0.2) is 9.59 Å². The number of carbonyl (C=O) groups excluding carboxylic acids is 4. The van der Waals surface area contributed by atoms with E-state index < -0.39 is 136 Å². The minimum absolute atomic E-state index is 0.233. The molecule has 1 aromatic rings. The van der Waals surface area contributed by atoms with E-state index in [-0.39, 0.29) is 6.92 Å². The van der Waals surface area contributed by atoms with Crippen molar-refractivity contribution >= 4 is 35.4 Å². The maximum Gasteiger partial charge on any atom is 0.460 e. The van der Waals surface area contributed by atoms with Gasteiger partial charge in [0.05, 0.1) is 5.56 Å². The summed E-state index contributed by atoms with van der Waals surface area (Å²) in [4.78, 5) is 50.0. The molecule has 0 aliphatic carbocycles. The summed E-state index contributed by atoms with van der Waals surface area (Å²) in [6.07, 6.45) is -7.53. The molecule has 366 valence electrons. The molecule has 0 aromatic heterocycles. The van der Waals surface area contributed by atoms with Crippen LogP contribution in [0.25, 0.3) is 0 Å². The Bertz CT molecular complexity index is 2080. The fourth-order valence-electron chi connectivity index (χ4n) is 4.50. The maximum absolute atomic E-state index is 15.6. The first-order valence-corrected chi connectivity index (χ1v) is 14.6. The van der Waals surface area contributed by atoms with Crippen LogP contribution in [0.2, 0.25) is 0 Å². The smallest absolute Gasteiger partial charge is 0.445 e. The van der Waals surface area contributed by atoms with E-state index in [2.05, 4.69) is 14.7 Å². The van der Waals surface area contributed by atoms with Crippen LogP contribution in [0.4, 0.5) is 139 Å². The summed E-state index contributed by atoms with van der Waals surface area (Å²) in [6, 6.07) is -0.558. The van der Waals surface area contributed by atoms with E-state index in [9.17, 15) is 129 Å². The largest absolute Gasteiger partial charge is 0.460 e. The fourth-order valence-corrected chi connectivity index (χ4v) is 4.50. The Kier molecular flexibility index (Phi) is 14.3. The predicted octanol–water partition coefficient (Wildman–Crippen LogP) is 10.5. The Morgan fingerprint density at radius 3 is 1.09 bits per heavy atom. The van der Waals surface area contributed by atoms with Crippen molar-refractivity contribution in [3.63, 3.8) is 0 Å². The number of halogens is 29. The van der Waals surface area contributed by atoms with E-state index in [0.29, 0.717) is 19.1 Å². The molecule has 0 unspecified atom stereocenters. The number of hydrogen-bond acceptors (Lipinski definition) is 7. The van der Waals surface area contributed by atoms with Gasteiger partial charge < -0.3 is 10.1 Å². The van der Waals surface area contributed by atoms with Crippen LogP contribution in [0.5, 0.6) is 0 Å². The molecule has 0 bridgehead atoms. The lowest BCUT2D eigenvalue weighted by Gasteiger charge is -2.46.